The van der Waals surface area contributed by atoms with E-state index in [0.717, 1.165) is 42.8 Å². The Bertz CT molecular complexity index is 1050. The second kappa shape index (κ2) is 8.63. The average molecular weight is 480 g/mol. The van der Waals surface area contributed by atoms with Gasteiger partial charge in [0.15, 0.2) is 6.61 Å². The molecule has 6 nitrogen and oxygen atoms in total. The zero-order valence-corrected chi connectivity index (χ0v) is 20.0. The summed E-state index contributed by atoms with van der Waals surface area (Å²) in [7, 11) is 0. The predicted molar refractivity (Wildman–Crippen MR) is 122 cm³/mol. The summed E-state index contributed by atoms with van der Waals surface area (Å²) in [6.45, 7) is 5.69. The molecule has 0 radical (unpaired) electrons. The van der Waals surface area contributed by atoms with Gasteiger partial charge in [0.05, 0.1) is 15.7 Å². The number of carbonyl (C=O) groups excluding carboxylic acids is 2. The molecule has 3 fully saturated rings. The summed E-state index contributed by atoms with van der Waals surface area (Å²) >= 11 is 7.10. The number of rotatable bonds is 6. The van der Waals surface area contributed by atoms with Gasteiger partial charge in [0.2, 0.25) is 0 Å². The zero-order chi connectivity index (χ0) is 23.1. The van der Waals surface area contributed by atoms with Gasteiger partial charge in [-0.15, -0.1) is 11.3 Å². The van der Waals surface area contributed by atoms with Crippen LogP contribution in [-0.2, 0) is 4.79 Å². The van der Waals surface area contributed by atoms with Crippen LogP contribution in [0.3, 0.4) is 0 Å². The second-order valence-electron chi connectivity index (χ2n) is 9.06. The number of halogens is 2. The highest BCUT2D eigenvalue weighted by molar-refractivity contribution is 7.13. The molecule has 2 amide bonds. The highest BCUT2D eigenvalue weighted by Gasteiger charge is 2.54. The molecule has 9 heteroatoms. The minimum Gasteiger partial charge on any atom is -0.484 e. The van der Waals surface area contributed by atoms with Crippen molar-refractivity contribution in [1.29, 1.82) is 0 Å². The Hall–Kier alpha value is -2.19. The van der Waals surface area contributed by atoms with Crippen LogP contribution < -0.4 is 15.4 Å². The number of aryl methyl sites for hydroxylation is 2. The Morgan fingerprint density at radius 2 is 1.97 bits per heavy atom. The fourth-order valence-corrected chi connectivity index (χ4v) is 6.08. The lowest BCUT2D eigenvalue weighted by Crippen LogP contribution is -2.67. The Morgan fingerprint density at radius 1 is 1.25 bits per heavy atom. The Kier molecular flexibility index (Phi) is 6.20. The molecule has 1 heterocycles. The topological polar surface area (TPSA) is 80.3 Å². The van der Waals surface area contributed by atoms with Crippen molar-refractivity contribution in [3.05, 3.63) is 44.6 Å². The van der Waals surface area contributed by atoms with Crippen LogP contribution in [0.2, 0.25) is 5.02 Å². The van der Waals surface area contributed by atoms with E-state index < -0.39 is 5.82 Å². The van der Waals surface area contributed by atoms with Gasteiger partial charge < -0.3 is 15.4 Å². The van der Waals surface area contributed by atoms with E-state index >= 15 is 0 Å². The van der Waals surface area contributed by atoms with E-state index in [1.54, 1.807) is 0 Å². The van der Waals surface area contributed by atoms with E-state index in [1.165, 1.54) is 29.5 Å². The maximum absolute atomic E-state index is 13.6. The Labute approximate surface area is 195 Å². The fraction of sp³-hybridized carbons (Fsp3) is 0.522. The van der Waals surface area contributed by atoms with Gasteiger partial charge in [0.1, 0.15) is 16.4 Å². The smallest absolute Gasteiger partial charge is 0.263 e. The first-order valence-electron chi connectivity index (χ1n) is 10.8. The number of hydrogen-bond donors (Lipinski definition) is 2. The molecule has 1 atom stereocenters. The largest absolute Gasteiger partial charge is 0.484 e. The summed E-state index contributed by atoms with van der Waals surface area (Å²) in [6, 6.07) is 4.10. The van der Waals surface area contributed by atoms with E-state index in [0.29, 0.717) is 4.88 Å². The normalized spacial score (nSPS) is 26.6. The van der Waals surface area contributed by atoms with Crippen LogP contribution in [-0.4, -0.2) is 34.5 Å². The summed E-state index contributed by atoms with van der Waals surface area (Å²) < 4.78 is 19.0. The Balaban J connectivity index is 1.35. The molecule has 3 aliphatic carbocycles. The number of nitrogens with one attached hydrogen (secondary N) is 2. The number of fused-ring (bicyclic) bond motifs is 3. The average Bonchev–Trinajstić information content (AvgIpc) is 3.08. The Morgan fingerprint density at radius 3 is 2.56 bits per heavy atom. The van der Waals surface area contributed by atoms with Crippen LogP contribution in [0.25, 0.3) is 0 Å². The van der Waals surface area contributed by atoms with Gasteiger partial charge in [0, 0.05) is 17.1 Å². The van der Waals surface area contributed by atoms with Crippen molar-refractivity contribution >= 4 is 34.8 Å². The first-order chi connectivity index (χ1) is 15.1. The van der Waals surface area contributed by atoms with Gasteiger partial charge in [-0.25, -0.2) is 9.37 Å². The lowest BCUT2D eigenvalue weighted by Gasteiger charge is -2.57. The number of hydrogen-bond acceptors (Lipinski definition) is 5. The maximum atomic E-state index is 13.6. The van der Waals surface area contributed by atoms with Crippen molar-refractivity contribution in [3.63, 3.8) is 0 Å². The molecule has 5 rings (SSSR count). The standard InChI is InChI=1S/C23H27ClFN3O3S/c1-13-11-22(28-21(30)20-14(2)26-15(3)32-20)6-8-23(13,9-7-22)27-19(29)12-31-16-4-5-17(24)18(25)10-16/h4-5,10,13H,6-9,11-12H2,1-3H3,(H,27,29)(H,28,30). The first kappa shape index (κ1) is 23.0. The van der Waals surface area contributed by atoms with Crippen LogP contribution in [0.4, 0.5) is 4.39 Å². The van der Waals surface area contributed by atoms with Crippen LogP contribution in [0, 0.1) is 25.6 Å². The predicted octanol–water partition coefficient (Wildman–Crippen LogP) is 4.57. The molecule has 172 valence electrons. The molecule has 3 saturated carbocycles. The third kappa shape index (κ3) is 4.48. The molecule has 1 aromatic heterocycles. The van der Waals surface area contributed by atoms with Gasteiger partial charge >= 0.3 is 0 Å². The summed E-state index contributed by atoms with van der Waals surface area (Å²) in [4.78, 5) is 30.5. The number of benzene rings is 1. The van der Waals surface area contributed by atoms with Crippen molar-refractivity contribution < 1.29 is 18.7 Å². The van der Waals surface area contributed by atoms with Gasteiger partial charge in [0.25, 0.3) is 11.8 Å². The van der Waals surface area contributed by atoms with E-state index in [1.807, 2.05) is 13.8 Å². The summed E-state index contributed by atoms with van der Waals surface area (Å²) in [5.74, 6) is -0.413. The molecular weight excluding hydrogens is 453 g/mol. The minimum absolute atomic E-state index is 0.00939. The van der Waals surface area contributed by atoms with Crippen LogP contribution in [0.15, 0.2) is 18.2 Å². The van der Waals surface area contributed by atoms with Crippen LogP contribution >= 0.6 is 22.9 Å². The maximum Gasteiger partial charge on any atom is 0.263 e. The molecule has 2 bridgehead atoms. The number of amides is 2. The second-order valence-corrected chi connectivity index (χ2v) is 10.7. The monoisotopic (exact) mass is 479 g/mol. The molecule has 0 aliphatic heterocycles. The SMILES string of the molecule is Cc1nc(C)c(C(=O)NC23CCC(NC(=O)COc4ccc(Cl)c(F)c4)(CC2)C(C)C3)s1. The highest BCUT2D eigenvalue weighted by atomic mass is 35.5. The van der Waals surface area contributed by atoms with Crippen LogP contribution in [0.1, 0.15) is 59.4 Å². The molecule has 0 saturated heterocycles. The van der Waals surface area contributed by atoms with Crippen molar-refractivity contribution in [3.8, 4) is 5.75 Å². The number of nitrogens with zero attached hydrogens (tertiary/aromatic N) is 1. The van der Waals surface area contributed by atoms with Crippen molar-refractivity contribution in [2.45, 2.75) is 64.0 Å². The van der Waals surface area contributed by atoms with Gasteiger partial charge in [-0.05, 0) is 64.0 Å². The zero-order valence-electron chi connectivity index (χ0n) is 18.4. The van der Waals surface area contributed by atoms with Gasteiger partial charge in [-0.1, -0.05) is 18.5 Å². The highest BCUT2D eigenvalue weighted by Crippen LogP contribution is 2.50. The van der Waals surface area contributed by atoms with E-state index in [4.69, 9.17) is 16.3 Å². The molecule has 2 N–H and O–H groups in total. The minimum atomic E-state index is -0.585. The van der Waals surface area contributed by atoms with Crippen molar-refractivity contribution in [2.75, 3.05) is 6.61 Å². The van der Waals surface area contributed by atoms with Crippen LogP contribution in [0.5, 0.6) is 5.75 Å². The van der Waals surface area contributed by atoms with Crippen molar-refractivity contribution in [2.24, 2.45) is 5.92 Å². The molecule has 2 aromatic rings. The lowest BCUT2D eigenvalue weighted by atomic mass is 9.56. The van der Waals surface area contributed by atoms with Gasteiger partial charge in [-0.3, -0.25) is 9.59 Å². The van der Waals surface area contributed by atoms with E-state index in [9.17, 15) is 14.0 Å². The van der Waals surface area contributed by atoms with Crippen molar-refractivity contribution in [1.82, 2.24) is 15.6 Å². The molecular formula is C23H27ClFN3O3S. The van der Waals surface area contributed by atoms with Gasteiger partial charge in [-0.2, -0.15) is 0 Å². The molecule has 3 aliphatic rings. The summed E-state index contributed by atoms with van der Waals surface area (Å²) in [5, 5.41) is 7.37. The quantitative estimate of drug-likeness (QED) is 0.636. The molecule has 32 heavy (non-hydrogen) atoms. The van der Waals surface area contributed by atoms with E-state index in [2.05, 4.69) is 22.5 Å². The molecule has 1 unspecified atom stereocenters. The third-order valence-electron chi connectivity index (χ3n) is 6.88. The van der Waals surface area contributed by atoms with E-state index in [-0.39, 0.29) is 46.2 Å². The molecule has 0 spiro atoms. The lowest BCUT2D eigenvalue weighted by molar-refractivity contribution is -0.128. The summed E-state index contributed by atoms with van der Waals surface area (Å²) in [6.07, 6.45) is 4.00. The molecule has 1 aromatic carbocycles. The third-order valence-corrected chi connectivity index (χ3v) is 8.26. The number of carbonyl (C=O) groups is 2. The first-order valence-corrected chi connectivity index (χ1v) is 12.0. The fourth-order valence-electron chi connectivity index (χ4n) is 5.15. The number of thiazole rings is 1. The summed E-state index contributed by atoms with van der Waals surface area (Å²) in [5.41, 5.74) is 0.211. The number of aromatic nitrogens is 1. The number of ether oxygens (including phenoxy) is 1.